The summed E-state index contributed by atoms with van der Waals surface area (Å²) in [5.74, 6) is 0.460. The minimum absolute atomic E-state index is 0.0303. The molecule has 0 saturated heterocycles. The molecule has 0 atom stereocenters. The van der Waals surface area contributed by atoms with Crippen molar-refractivity contribution in [1.29, 1.82) is 0 Å². The summed E-state index contributed by atoms with van der Waals surface area (Å²) in [5, 5.41) is 20.8. The Kier molecular flexibility index (Phi) is 3.99. The molecule has 7 heteroatoms. The molecule has 0 fully saturated rings. The van der Waals surface area contributed by atoms with Crippen LogP contribution in [0.2, 0.25) is 0 Å². The number of pyridine rings is 1. The number of ether oxygens (including phenoxy) is 2. The molecule has 0 aliphatic carbocycles. The SMILES string of the molecule is CCOC(=O)CCn1cc2c3c(ccc(O)c3c1=O)Oc1ccc(O)cc1-2. The molecular weight excluding hydrogens is 350 g/mol. The number of phenolic OH excluding ortho intramolecular Hbond substituents is 2. The first kappa shape index (κ1) is 17.0. The van der Waals surface area contributed by atoms with Crippen LogP contribution >= 0.6 is 0 Å². The summed E-state index contributed by atoms with van der Waals surface area (Å²) in [5.41, 5.74) is 0.809. The number of nitrogens with zero attached hydrogens (tertiary/aromatic N) is 1. The maximum Gasteiger partial charge on any atom is 0.307 e. The van der Waals surface area contributed by atoms with E-state index in [1.165, 1.54) is 22.8 Å². The molecular formula is C20H17NO6. The minimum atomic E-state index is -0.426. The van der Waals surface area contributed by atoms with Gasteiger partial charge in [0.15, 0.2) is 0 Å². The Labute approximate surface area is 154 Å². The summed E-state index contributed by atoms with van der Waals surface area (Å²) in [6.07, 6.45) is 1.65. The molecule has 0 saturated carbocycles. The molecule has 2 aromatic carbocycles. The molecule has 0 spiro atoms. The van der Waals surface area contributed by atoms with Crippen LogP contribution in [0.4, 0.5) is 0 Å². The van der Waals surface area contributed by atoms with Gasteiger partial charge in [-0.05, 0) is 37.3 Å². The minimum Gasteiger partial charge on any atom is -0.508 e. The first-order valence-corrected chi connectivity index (χ1v) is 8.55. The summed E-state index contributed by atoms with van der Waals surface area (Å²) in [7, 11) is 0. The molecule has 0 bridgehead atoms. The topological polar surface area (TPSA) is 98.0 Å². The molecule has 1 aliphatic rings. The summed E-state index contributed by atoms with van der Waals surface area (Å²) in [6.45, 7) is 2.09. The molecule has 4 rings (SSSR count). The Balaban J connectivity index is 1.94. The van der Waals surface area contributed by atoms with E-state index in [2.05, 4.69) is 0 Å². The number of aryl methyl sites for hydroxylation is 1. The number of aromatic nitrogens is 1. The van der Waals surface area contributed by atoms with Crippen molar-refractivity contribution in [3.05, 3.63) is 46.9 Å². The average molecular weight is 367 g/mol. The largest absolute Gasteiger partial charge is 0.508 e. The Morgan fingerprint density at radius 2 is 1.89 bits per heavy atom. The lowest BCUT2D eigenvalue weighted by atomic mass is 9.96. The predicted octanol–water partition coefficient (Wildman–Crippen LogP) is 3.14. The highest BCUT2D eigenvalue weighted by molar-refractivity contribution is 6.05. The fraction of sp³-hybridized carbons (Fsp3) is 0.200. The van der Waals surface area contributed by atoms with Crippen LogP contribution in [0.25, 0.3) is 21.9 Å². The molecule has 3 aromatic rings. The molecule has 138 valence electrons. The third-order valence-corrected chi connectivity index (χ3v) is 4.51. The predicted molar refractivity (Wildman–Crippen MR) is 98.3 cm³/mol. The van der Waals surface area contributed by atoms with Gasteiger partial charge in [0.2, 0.25) is 0 Å². The maximum atomic E-state index is 12.9. The quantitative estimate of drug-likeness (QED) is 0.538. The van der Waals surface area contributed by atoms with Gasteiger partial charge in [0.25, 0.3) is 5.56 Å². The van der Waals surface area contributed by atoms with E-state index in [1.54, 1.807) is 25.3 Å². The fourth-order valence-corrected chi connectivity index (χ4v) is 3.32. The van der Waals surface area contributed by atoms with Gasteiger partial charge >= 0.3 is 5.97 Å². The smallest absolute Gasteiger partial charge is 0.307 e. The third kappa shape index (κ3) is 2.77. The molecule has 27 heavy (non-hydrogen) atoms. The Morgan fingerprint density at radius 3 is 2.67 bits per heavy atom. The van der Waals surface area contributed by atoms with E-state index in [0.717, 1.165) is 0 Å². The Morgan fingerprint density at radius 1 is 1.11 bits per heavy atom. The lowest BCUT2D eigenvalue weighted by Crippen LogP contribution is -2.23. The van der Waals surface area contributed by atoms with Gasteiger partial charge in [-0.15, -0.1) is 0 Å². The Hall–Kier alpha value is -3.48. The zero-order valence-corrected chi connectivity index (χ0v) is 14.6. The van der Waals surface area contributed by atoms with Crippen LogP contribution in [-0.4, -0.2) is 27.4 Å². The number of hydrogen-bond acceptors (Lipinski definition) is 6. The van der Waals surface area contributed by atoms with Crippen molar-refractivity contribution in [2.45, 2.75) is 19.9 Å². The van der Waals surface area contributed by atoms with Crippen molar-refractivity contribution < 1.29 is 24.5 Å². The van der Waals surface area contributed by atoms with E-state index >= 15 is 0 Å². The lowest BCUT2D eigenvalue weighted by molar-refractivity contribution is -0.143. The van der Waals surface area contributed by atoms with Gasteiger partial charge in [0.1, 0.15) is 23.0 Å². The van der Waals surface area contributed by atoms with Gasteiger partial charge in [-0.2, -0.15) is 0 Å². The zero-order chi connectivity index (χ0) is 19.1. The van der Waals surface area contributed by atoms with Crippen LogP contribution in [0, 0.1) is 0 Å². The van der Waals surface area contributed by atoms with Crippen molar-refractivity contribution in [3.63, 3.8) is 0 Å². The molecule has 0 amide bonds. The van der Waals surface area contributed by atoms with Gasteiger partial charge in [0.05, 0.1) is 18.4 Å². The number of hydrogen-bond donors (Lipinski definition) is 2. The second-order valence-electron chi connectivity index (χ2n) is 6.21. The number of carbonyl (C=O) groups is 1. The average Bonchev–Trinajstić information content (AvgIpc) is 2.64. The third-order valence-electron chi connectivity index (χ3n) is 4.51. The van der Waals surface area contributed by atoms with Gasteiger partial charge in [-0.3, -0.25) is 9.59 Å². The van der Waals surface area contributed by atoms with Crippen molar-refractivity contribution in [3.8, 4) is 34.1 Å². The second kappa shape index (κ2) is 6.35. The first-order chi connectivity index (χ1) is 13.0. The van der Waals surface area contributed by atoms with E-state index in [9.17, 15) is 19.8 Å². The van der Waals surface area contributed by atoms with Gasteiger partial charge in [0, 0.05) is 29.3 Å². The number of carbonyl (C=O) groups excluding carboxylic acids is 1. The highest BCUT2D eigenvalue weighted by Crippen LogP contribution is 2.48. The summed E-state index contributed by atoms with van der Waals surface area (Å²) < 4.78 is 12.1. The highest BCUT2D eigenvalue weighted by atomic mass is 16.5. The van der Waals surface area contributed by atoms with Crippen LogP contribution in [0.1, 0.15) is 13.3 Å². The number of benzene rings is 2. The van der Waals surface area contributed by atoms with E-state index in [-0.39, 0.29) is 36.5 Å². The van der Waals surface area contributed by atoms with Crippen molar-refractivity contribution in [2.24, 2.45) is 0 Å². The van der Waals surface area contributed by atoms with Crippen LogP contribution in [-0.2, 0) is 16.1 Å². The molecule has 0 unspecified atom stereocenters. The molecule has 1 aliphatic heterocycles. The number of rotatable bonds is 4. The fourth-order valence-electron chi connectivity index (χ4n) is 3.32. The summed E-state index contributed by atoms with van der Waals surface area (Å²) in [4.78, 5) is 24.6. The van der Waals surface area contributed by atoms with Crippen molar-refractivity contribution >= 4 is 16.7 Å². The molecule has 0 radical (unpaired) electrons. The molecule has 2 heterocycles. The standard InChI is InChI=1S/C20H17NO6/c1-2-26-17(24)7-8-21-10-13-12-9-11(22)3-5-15(12)27-16-6-4-14(23)19(18(13)16)20(21)25/h3-6,9-10,22-23H,2,7-8H2,1H3. The highest BCUT2D eigenvalue weighted by Gasteiger charge is 2.25. The molecule has 2 N–H and O–H groups in total. The van der Waals surface area contributed by atoms with Gasteiger partial charge in [-0.25, -0.2) is 0 Å². The van der Waals surface area contributed by atoms with Crippen LogP contribution in [0.3, 0.4) is 0 Å². The van der Waals surface area contributed by atoms with Crippen LogP contribution in [0.15, 0.2) is 41.3 Å². The van der Waals surface area contributed by atoms with Crippen molar-refractivity contribution in [2.75, 3.05) is 6.61 Å². The number of phenols is 2. The van der Waals surface area contributed by atoms with Gasteiger partial charge < -0.3 is 24.3 Å². The van der Waals surface area contributed by atoms with Crippen LogP contribution < -0.4 is 10.3 Å². The second-order valence-corrected chi connectivity index (χ2v) is 6.21. The zero-order valence-electron chi connectivity index (χ0n) is 14.6. The normalized spacial score (nSPS) is 11.7. The summed E-state index contributed by atoms with van der Waals surface area (Å²) >= 11 is 0. The number of aromatic hydroxyl groups is 2. The number of esters is 1. The monoisotopic (exact) mass is 367 g/mol. The van der Waals surface area contributed by atoms with Gasteiger partial charge in [-0.1, -0.05) is 0 Å². The Bertz CT molecular complexity index is 1130. The van der Waals surface area contributed by atoms with Crippen molar-refractivity contribution in [1.82, 2.24) is 4.57 Å². The van der Waals surface area contributed by atoms with E-state index in [0.29, 0.717) is 28.0 Å². The first-order valence-electron chi connectivity index (χ1n) is 8.55. The number of fused-ring (bicyclic) bond motifs is 2. The van der Waals surface area contributed by atoms with E-state index in [4.69, 9.17) is 9.47 Å². The van der Waals surface area contributed by atoms with E-state index in [1.807, 2.05) is 0 Å². The maximum absolute atomic E-state index is 12.9. The van der Waals surface area contributed by atoms with Crippen LogP contribution in [0.5, 0.6) is 23.0 Å². The molecule has 7 nitrogen and oxygen atoms in total. The summed E-state index contributed by atoms with van der Waals surface area (Å²) in [6, 6.07) is 7.69. The van der Waals surface area contributed by atoms with E-state index < -0.39 is 11.5 Å². The lowest BCUT2D eigenvalue weighted by Gasteiger charge is -2.22. The molecule has 1 aromatic heterocycles.